The fraction of sp³-hybridized carbons (Fsp3) is 0.529. The molecule has 1 aliphatic rings. The van der Waals surface area contributed by atoms with E-state index in [1.807, 2.05) is 6.07 Å². The second-order valence-electron chi connectivity index (χ2n) is 6.71. The van der Waals surface area contributed by atoms with E-state index in [0.29, 0.717) is 23.0 Å². The van der Waals surface area contributed by atoms with Crippen LogP contribution in [-0.4, -0.2) is 42.3 Å². The summed E-state index contributed by atoms with van der Waals surface area (Å²) in [5, 5.41) is 0.852. The maximum atomic E-state index is 12.4. The molecule has 1 unspecified atom stereocenters. The quantitative estimate of drug-likeness (QED) is 0.726. The minimum absolute atomic E-state index is 0.222. The minimum atomic E-state index is -0.748. The third-order valence-electron chi connectivity index (χ3n) is 3.84. The second kappa shape index (κ2) is 7.19. The highest BCUT2D eigenvalue weighted by molar-refractivity contribution is 6.42. The van der Waals surface area contributed by atoms with Crippen LogP contribution < -0.4 is 0 Å². The van der Waals surface area contributed by atoms with Gasteiger partial charge < -0.3 is 9.47 Å². The Bertz CT molecular complexity index is 642. The van der Waals surface area contributed by atoms with Crippen LogP contribution in [0.15, 0.2) is 18.2 Å². The summed E-state index contributed by atoms with van der Waals surface area (Å²) in [7, 11) is 1.31. The van der Waals surface area contributed by atoms with E-state index < -0.39 is 23.7 Å². The SMILES string of the molecule is COC(=O)[C@@H]1C(c2ccc(Cl)c(Cl)c2)CCN1C(=O)OC(C)(C)C. The van der Waals surface area contributed by atoms with Crippen molar-refractivity contribution in [3.05, 3.63) is 33.8 Å². The van der Waals surface area contributed by atoms with Gasteiger partial charge in [0.25, 0.3) is 0 Å². The molecule has 1 saturated heterocycles. The van der Waals surface area contributed by atoms with E-state index in [-0.39, 0.29) is 5.92 Å². The van der Waals surface area contributed by atoms with Crippen molar-refractivity contribution in [3.63, 3.8) is 0 Å². The number of esters is 1. The van der Waals surface area contributed by atoms with E-state index in [9.17, 15) is 9.59 Å². The first-order valence-corrected chi connectivity index (χ1v) is 8.42. The molecule has 7 heteroatoms. The number of rotatable bonds is 2. The van der Waals surface area contributed by atoms with Crippen LogP contribution in [0.25, 0.3) is 0 Å². The number of halogens is 2. The van der Waals surface area contributed by atoms with Gasteiger partial charge in [0.1, 0.15) is 11.6 Å². The number of hydrogen-bond acceptors (Lipinski definition) is 4. The normalized spacial score (nSPS) is 20.8. The van der Waals surface area contributed by atoms with Crippen LogP contribution in [0.1, 0.15) is 38.7 Å². The van der Waals surface area contributed by atoms with Crippen molar-refractivity contribution in [3.8, 4) is 0 Å². The molecular weight excluding hydrogens is 353 g/mol. The molecule has 1 fully saturated rings. The number of carbonyl (C=O) groups is 2. The van der Waals surface area contributed by atoms with Gasteiger partial charge in [0.05, 0.1) is 17.2 Å². The maximum absolute atomic E-state index is 12.4. The highest BCUT2D eigenvalue weighted by Crippen LogP contribution is 2.37. The second-order valence-corrected chi connectivity index (χ2v) is 7.52. The van der Waals surface area contributed by atoms with Crippen LogP contribution in [0.5, 0.6) is 0 Å². The number of amides is 1. The van der Waals surface area contributed by atoms with Gasteiger partial charge in [-0.15, -0.1) is 0 Å². The Kier molecular flexibility index (Phi) is 5.66. The third kappa shape index (κ3) is 4.14. The standard InChI is InChI=1S/C17H21Cl2NO4/c1-17(2,3)24-16(22)20-8-7-11(14(20)15(21)23-4)10-5-6-12(18)13(19)9-10/h5-6,9,11,14H,7-8H2,1-4H3/t11?,14-/m0/s1. The number of hydrogen-bond donors (Lipinski definition) is 0. The molecule has 1 aliphatic heterocycles. The molecule has 0 bridgehead atoms. The summed E-state index contributed by atoms with van der Waals surface area (Å²) in [4.78, 5) is 26.2. The molecule has 0 spiro atoms. The highest BCUT2D eigenvalue weighted by Gasteiger charge is 2.44. The number of ether oxygens (including phenoxy) is 2. The predicted molar refractivity (Wildman–Crippen MR) is 92.6 cm³/mol. The summed E-state index contributed by atoms with van der Waals surface area (Å²) < 4.78 is 10.3. The van der Waals surface area contributed by atoms with Gasteiger partial charge in [-0.25, -0.2) is 9.59 Å². The molecule has 0 aliphatic carbocycles. The summed E-state index contributed by atoms with van der Waals surface area (Å²) in [6.45, 7) is 5.75. The average Bonchev–Trinajstić information content (AvgIpc) is 2.92. The smallest absolute Gasteiger partial charge is 0.411 e. The molecule has 1 heterocycles. The van der Waals surface area contributed by atoms with Crippen molar-refractivity contribution in [1.29, 1.82) is 0 Å². The molecule has 24 heavy (non-hydrogen) atoms. The predicted octanol–water partition coefficient (Wildman–Crippen LogP) is 4.26. The molecule has 132 valence electrons. The van der Waals surface area contributed by atoms with Crippen LogP contribution in [-0.2, 0) is 14.3 Å². The van der Waals surface area contributed by atoms with E-state index in [2.05, 4.69) is 0 Å². The summed E-state index contributed by atoms with van der Waals surface area (Å²) in [6.07, 6.45) is 0.0808. The van der Waals surface area contributed by atoms with Crippen molar-refractivity contribution in [2.75, 3.05) is 13.7 Å². The molecule has 2 rings (SSSR count). The fourth-order valence-corrected chi connectivity index (χ4v) is 3.13. The van der Waals surface area contributed by atoms with Crippen LogP contribution in [0.4, 0.5) is 4.79 Å². The van der Waals surface area contributed by atoms with Crippen molar-refractivity contribution >= 4 is 35.3 Å². The first-order valence-electron chi connectivity index (χ1n) is 7.66. The van der Waals surface area contributed by atoms with Gasteiger partial charge >= 0.3 is 12.1 Å². The number of benzene rings is 1. The summed E-state index contributed by atoms with van der Waals surface area (Å²) in [6, 6.07) is 4.47. The average molecular weight is 374 g/mol. The van der Waals surface area contributed by atoms with E-state index in [1.165, 1.54) is 12.0 Å². The third-order valence-corrected chi connectivity index (χ3v) is 4.58. The van der Waals surface area contributed by atoms with Crippen molar-refractivity contribution in [1.82, 2.24) is 4.90 Å². The Morgan fingerprint density at radius 1 is 1.21 bits per heavy atom. The molecule has 0 radical (unpaired) electrons. The van der Waals surface area contributed by atoms with Crippen LogP contribution >= 0.6 is 23.2 Å². The summed E-state index contributed by atoms with van der Waals surface area (Å²) in [5.41, 5.74) is 0.199. The van der Waals surface area contributed by atoms with Gasteiger partial charge in [-0.05, 0) is 44.9 Å². The van der Waals surface area contributed by atoms with E-state index in [0.717, 1.165) is 5.56 Å². The lowest BCUT2D eigenvalue weighted by Crippen LogP contribution is -2.45. The molecule has 1 amide bonds. The Hall–Kier alpha value is -1.46. The number of likely N-dealkylation sites (tertiary alicyclic amines) is 1. The molecule has 0 N–H and O–H groups in total. The lowest BCUT2D eigenvalue weighted by Gasteiger charge is -2.29. The van der Waals surface area contributed by atoms with Gasteiger partial charge in [0.2, 0.25) is 0 Å². The minimum Gasteiger partial charge on any atom is -0.467 e. The van der Waals surface area contributed by atoms with Crippen molar-refractivity contribution in [2.45, 2.75) is 44.8 Å². The highest BCUT2D eigenvalue weighted by atomic mass is 35.5. The lowest BCUT2D eigenvalue weighted by atomic mass is 9.92. The molecule has 0 saturated carbocycles. The first-order chi connectivity index (χ1) is 11.1. The number of nitrogens with zero attached hydrogens (tertiary/aromatic N) is 1. The Morgan fingerprint density at radius 3 is 2.42 bits per heavy atom. The number of carbonyl (C=O) groups excluding carboxylic acids is 2. The van der Waals surface area contributed by atoms with Gasteiger partial charge in [0, 0.05) is 12.5 Å². The topological polar surface area (TPSA) is 55.8 Å². The fourth-order valence-electron chi connectivity index (χ4n) is 2.82. The zero-order valence-corrected chi connectivity index (χ0v) is 15.6. The van der Waals surface area contributed by atoms with Gasteiger partial charge in [-0.3, -0.25) is 4.90 Å². The van der Waals surface area contributed by atoms with Crippen molar-refractivity contribution < 1.29 is 19.1 Å². The maximum Gasteiger partial charge on any atom is 0.411 e. The Labute approximate surface area is 151 Å². The molecule has 1 aromatic carbocycles. The largest absolute Gasteiger partial charge is 0.467 e. The molecule has 1 aromatic rings. The van der Waals surface area contributed by atoms with Gasteiger partial charge in [0.15, 0.2) is 0 Å². The summed E-state index contributed by atoms with van der Waals surface area (Å²) >= 11 is 12.0. The lowest BCUT2D eigenvalue weighted by molar-refractivity contribution is -0.146. The number of methoxy groups -OCH3 is 1. The zero-order chi connectivity index (χ0) is 18.1. The van der Waals surface area contributed by atoms with Crippen molar-refractivity contribution in [2.24, 2.45) is 0 Å². The summed E-state index contributed by atoms with van der Waals surface area (Å²) in [5.74, 6) is -0.700. The Morgan fingerprint density at radius 2 is 1.88 bits per heavy atom. The van der Waals surface area contributed by atoms with Gasteiger partial charge in [-0.2, -0.15) is 0 Å². The van der Waals surface area contributed by atoms with E-state index in [1.54, 1.807) is 32.9 Å². The van der Waals surface area contributed by atoms with Crippen LogP contribution in [0.3, 0.4) is 0 Å². The van der Waals surface area contributed by atoms with E-state index >= 15 is 0 Å². The van der Waals surface area contributed by atoms with Gasteiger partial charge in [-0.1, -0.05) is 29.3 Å². The van der Waals surface area contributed by atoms with Crippen LogP contribution in [0.2, 0.25) is 10.0 Å². The first kappa shape index (κ1) is 18.9. The molecular formula is C17H21Cl2NO4. The molecule has 0 aromatic heterocycles. The monoisotopic (exact) mass is 373 g/mol. The molecule has 5 nitrogen and oxygen atoms in total. The Balaban J connectivity index is 2.31. The molecule has 2 atom stereocenters. The van der Waals surface area contributed by atoms with E-state index in [4.69, 9.17) is 32.7 Å². The van der Waals surface area contributed by atoms with Crippen LogP contribution in [0, 0.1) is 0 Å². The zero-order valence-electron chi connectivity index (χ0n) is 14.1.